The minimum absolute atomic E-state index is 0.177. The number of methoxy groups -OCH3 is 1. The highest BCUT2D eigenvalue weighted by Gasteiger charge is 2.22. The Hall–Kier alpha value is -1.26. The second-order valence-electron chi connectivity index (χ2n) is 5.26. The van der Waals surface area contributed by atoms with Crippen LogP contribution in [-0.4, -0.2) is 39.0 Å². The summed E-state index contributed by atoms with van der Waals surface area (Å²) in [7, 11) is 1.69. The molecule has 2 aliphatic rings. The van der Waals surface area contributed by atoms with Crippen LogP contribution in [0.25, 0.3) is 0 Å². The molecule has 2 fully saturated rings. The molecule has 0 aliphatic carbocycles. The van der Waals surface area contributed by atoms with Gasteiger partial charge in [-0.2, -0.15) is 0 Å². The first-order valence-electron chi connectivity index (χ1n) is 7.00. The van der Waals surface area contributed by atoms with E-state index in [0.717, 1.165) is 24.5 Å². The number of ether oxygens (including phenoxy) is 3. The van der Waals surface area contributed by atoms with Gasteiger partial charge in [0.05, 0.1) is 20.3 Å². The molecule has 0 saturated carbocycles. The molecule has 1 unspecified atom stereocenters. The maximum Gasteiger partial charge on any atom is 0.161 e. The third-order valence-electron chi connectivity index (χ3n) is 3.77. The number of benzene rings is 1. The average Bonchev–Trinajstić information content (AvgIpc) is 2.87. The van der Waals surface area contributed by atoms with Gasteiger partial charge in [0.15, 0.2) is 11.5 Å². The van der Waals surface area contributed by atoms with Crippen molar-refractivity contribution in [2.75, 3.05) is 26.9 Å². The highest BCUT2D eigenvalue weighted by molar-refractivity contribution is 5.43. The Morgan fingerprint density at radius 3 is 2.84 bits per heavy atom. The van der Waals surface area contributed by atoms with Gasteiger partial charge in [-0.1, -0.05) is 6.07 Å². The molecule has 2 aliphatic heterocycles. The standard InChI is InChI=1S/C15H21NO3/c1-17-15-8-11(7-12-3-2-6-16-12)4-5-14(15)19-13-9-18-10-13/h4-5,8,12-13,16H,2-3,6-7,9-10H2,1H3. The average molecular weight is 263 g/mol. The summed E-state index contributed by atoms with van der Waals surface area (Å²) in [5, 5.41) is 3.52. The van der Waals surface area contributed by atoms with E-state index in [1.54, 1.807) is 7.11 Å². The highest BCUT2D eigenvalue weighted by atomic mass is 16.6. The maximum atomic E-state index is 5.83. The van der Waals surface area contributed by atoms with Gasteiger partial charge in [0.25, 0.3) is 0 Å². The van der Waals surface area contributed by atoms with Crippen molar-refractivity contribution < 1.29 is 14.2 Å². The molecule has 2 heterocycles. The largest absolute Gasteiger partial charge is 0.493 e. The van der Waals surface area contributed by atoms with E-state index in [1.807, 2.05) is 6.07 Å². The Morgan fingerprint density at radius 2 is 2.21 bits per heavy atom. The molecule has 0 bridgehead atoms. The molecule has 4 heteroatoms. The molecule has 19 heavy (non-hydrogen) atoms. The van der Waals surface area contributed by atoms with Crippen molar-refractivity contribution in [2.45, 2.75) is 31.4 Å². The van der Waals surface area contributed by atoms with E-state index in [4.69, 9.17) is 14.2 Å². The van der Waals surface area contributed by atoms with Gasteiger partial charge in [0, 0.05) is 6.04 Å². The molecule has 4 nitrogen and oxygen atoms in total. The van der Waals surface area contributed by atoms with Gasteiger partial charge in [-0.3, -0.25) is 0 Å². The van der Waals surface area contributed by atoms with Crippen molar-refractivity contribution in [3.05, 3.63) is 23.8 Å². The molecule has 0 spiro atoms. The van der Waals surface area contributed by atoms with Crippen molar-refractivity contribution in [2.24, 2.45) is 0 Å². The number of hydrogen-bond donors (Lipinski definition) is 1. The molecule has 3 rings (SSSR count). The Bertz CT molecular complexity index is 425. The van der Waals surface area contributed by atoms with Gasteiger partial charge in [-0.15, -0.1) is 0 Å². The minimum atomic E-state index is 0.177. The fourth-order valence-corrected chi connectivity index (χ4v) is 2.61. The molecular formula is C15H21NO3. The van der Waals surface area contributed by atoms with Crippen molar-refractivity contribution in [1.29, 1.82) is 0 Å². The molecule has 0 amide bonds. The number of rotatable bonds is 5. The van der Waals surface area contributed by atoms with E-state index in [9.17, 15) is 0 Å². The lowest BCUT2D eigenvalue weighted by molar-refractivity contribution is -0.0803. The van der Waals surface area contributed by atoms with Gasteiger partial charge in [-0.25, -0.2) is 0 Å². The second kappa shape index (κ2) is 5.80. The summed E-state index contributed by atoms with van der Waals surface area (Å²) in [4.78, 5) is 0. The van der Waals surface area contributed by atoms with Crippen LogP contribution in [0.2, 0.25) is 0 Å². The van der Waals surface area contributed by atoms with Crippen molar-refractivity contribution in [3.8, 4) is 11.5 Å². The normalized spacial score (nSPS) is 23.1. The summed E-state index contributed by atoms with van der Waals surface area (Å²) in [5.41, 5.74) is 1.30. The number of hydrogen-bond acceptors (Lipinski definition) is 4. The van der Waals surface area contributed by atoms with E-state index in [2.05, 4.69) is 17.4 Å². The topological polar surface area (TPSA) is 39.7 Å². The lowest BCUT2D eigenvalue weighted by atomic mass is 10.0. The third kappa shape index (κ3) is 3.01. The van der Waals surface area contributed by atoms with Crippen LogP contribution in [-0.2, 0) is 11.2 Å². The fourth-order valence-electron chi connectivity index (χ4n) is 2.61. The predicted molar refractivity (Wildman–Crippen MR) is 73.0 cm³/mol. The Balaban J connectivity index is 1.68. The molecule has 0 aromatic heterocycles. The van der Waals surface area contributed by atoms with E-state index in [0.29, 0.717) is 19.3 Å². The minimum Gasteiger partial charge on any atom is -0.493 e. The van der Waals surface area contributed by atoms with Crippen LogP contribution in [0.4, 0.5) is 0 Å². The van der Waals surface area contributed by atoms with Crippen molar-refractivity contribution in [1.82, 2.24) is 5.32 Å². The first-order valence-corrected chi connectivity index (χ1v) is 7.00. The number of nitrogens with one attached hydrogen (secondary N) is 1. The zero-order valence-corrected chi connectivity index (χ0v) is 11.4. The maximum absolute atomic E-state index is 5.83. The zero-order valence-electron chi connectivity index (χ0n) is 11.4. The van der Waals surface area contributed by atoms with E-state index >= 15 is 0 Å². The molecular weight excluding hydrogens is 242 g/mol. The Morgan fingerprint density at radius 1 is 1.32 bits per heavy atom. The van der Waals surface area contributed by atoms with Crippen LogP contribution in [0, 0.1) is 0 Å². The Labute approximate surface area is 114 Å². The molecule has 1 aromatic carbocycles. The summed E-state index contributed by atoms with van der Waals surface area (Å²) in [6, 6.07) is 6.85. The van der Waals surface area contributed by atoms with Crippen LogP contribution in [0.1, 0.15) is 18.4 Å². The fraction of sp³-hybridized carbons (Fsp3) is 0.600. The van der Waals surface area contributed by atoms with Crippen LogP contribution < -0.4 is 14.8 Å². The van der Waals surface area contributed by atoms with Gasteiger partial charge in [-0.05, 0) is 43.5 Å². The molecule has 1 atom stereocenters. The van der Waals surface area contributed by atoms with Crippen LogP contribution >= 0.6 is 0 Å². The monoisotopic (exact) mass is 263 g/mol. The smallest absolute Gasteiger partial charge is 0.161 e. The first kappa shape index (κ1) is 12.8. The lowest BCUT2D eigenvalue weighted by Crippen LogP contribution is -2.38. The van der Waals surface area contributed by atoms with E-state index in [1.165, 1.54) is 18.4 Å². The van der Waals surface area contributed by atoms with Gasteiger partial charge in [0.2, 0.25) is 0 Å². The predicted octanol–water partition coefficient (Wildman–Crippen LogP) is 1.77. The second-order valence-corrected chi connectivity index (χ2v) is 5.26. The molecule has 104 valence electrons. The van der Waals surface area contributed by atoms with E-state index in [-0.39, 0.29) is 6.10 Å². The third-order valence-corrected chi connectivity index (χ3v) is 3.77. The Kier molecular flexibility index (Phi) is 3.89. The summed E-state index contributed by atoms with van der Waals surface area (Å²) in [5.74, 6) is 1.64. The van der Waals surface area contributed by atoms with Gasteiger partial charge in [0.1, 0.15) is 6.10 Å². The van der Waals surface area contributed by atoms with Crippen molar-refractivity contribution >= 4 is 0 Å². The van der Waals surface area contributed by atoms with Gasteiger partial charge >= 0.3 is 0 Å². The zero-order chi connectivity index (χ0) is 13.1. The summed E-state index contributed by atoms with van der Waals surface area (Å²) in [6.07, 6.45) is 3.78. The quantitative estimate of drug-likeness (QED) is 0.879. The molecule has 1 aromatic rings. The summed E-state index contributed by atoms with van der Waals surface area (Å²) < 4.78 is 16.4. The molecule has 1 N–H and O–H groups in total. The summed E-state index contributed by atoms with van der Waals surface area (Å²) >= 11 is 0. The summed E-state index contributed by atoms with van der Waals surface area (Å²) in [6.45, 7) is 2.50. The lowest BCUT2D eigenvalue weighted by Gasteiger charge is -2.27. The highest BCUT2D eigenvalue weighted by Crippen LogP contribution is 2.30. The molecule has 2 saturated heterocycles. The van der Waals surface area contributed by atoms with E-state index < -0.39 is 0 Å². The van der Waals surface area contributed by atoms with Gasteiger partial charge < -0.3 is 19.5 Å². The van der Waals surface area contributed by atoms with Crippen molar-refractivity contribution in [3.63, 3.8) is 0 Å². The van der Waals surface area contributed by atoms with Crippen LogP contribution in [0.15, 0.2) is 18.2 Å². The van der Waals surface area contributed by atoms with Crippen LogP contribution in [0.5, 0.6) is 11.5 Å². The SMILES string of the molecule is COc1cc(CC2CCCN2)ccc1OC1COC1. The first-order chi connectivity index (χ1) is 9.35. The van der Waals surface area contributed by atoms with Crippen LogP contribution in [0.3, 0.4) is 0 Å². The molecule has 0 radical (unpaired) electrons.